The Morgan fingerprint density at radius 1 is 1.14 bits per heavy atom. The number of hydrogen-bond donors (Lipinski definition) is 1. The largest absolute Gasteiger partial charge is 0.322 e. The average molecular weight is 435 g/mol. The van der Waals surface area contributed by atoms with Gasteiger partial charge in [-0.1, -0.05) is 51.4 Å². The van der Waals surface area contributed by atoms with Crippen molar-refractivity contribution >= 4 is 44.8 Å². The Morgan fingerprint density at radius 3 is 2.24 bits per heavy atom. The maximum absolute atomic E-state index is 12.6. The van der Waals surface area contributed by atoms with E-state index in [1.165, 1.54) is 18.2 Å². The molecule has 3 rings (SSSR count). The van der Waals surface area contributed by atoms with Gasteiger partial charge in [0, 0.05) is 5.69 Å². The van der Waals surface area contributed by atoms with E-state index in [1.54, 1.807) is 6.92 Å². The third kappa shape index (κ3) is 4.31. The van der Waals surface area contributed by atoms with E-state index in [1.807, 2.05) is 24.3 Å². The van der Waals surface area contributed by atoms with E-state index in [2.05, 4.69) is 26.1 Å². The molecule has 1 atom stereocenters. The highest BCUT2D eigenvalue weighted by molar-refractivity contribution is 7.94. The molecular weight excluding hydrogens is 412 g/mol. The van der Waals surface area contributed by atoms with E-state index in [4.69, 9.17) is 11.6 Å². The van der Waals surface area contributed by atoms with E-state index in [9.17, 15) is 18.0 Å². The fourth-order valence-corrected chi connectivity index (χ4v) is 5.23. The van der Waals surface area contributed by atoms with Crippen LogP contribution in [0.4, 0.5) is 11.4 Å². The van der Waals surface area contributed by atoms with Gasteiger partial charge < -0.3 is 5.32 Å². The van der Waals surface area contributed by atoms with Crippen molar-refractivity contribution in [2.24, 2.45) is 5.92 Å². The van der Waals surface area contributed by atoms with Crippen LogP contribution in [-0.4, -0.2) is 26.0 Å². The Hall–Kier alpha value is -2.38. The number of rotatable bonds is 3. The van der Waals surface area contributed by atoms with Crippen molar-refractivity contribution in [3.63, 3.8) is 0 Å². The fourth-order valence-electron chi connectivity index (χ4n) is 3.15. The molecule has 2 aromatic carbocycles. The molecule has 1 N–H and O–H groups in total. The summed E-state index contributed by atoms with van der Waals surface area (Å²) >= 11 is 6.24. The predicted molar refractivity (Wildman–Crippen MR) is 115 cm³/mol. The quantitative estimate of drug-likeness (QED) is 0.784. The second-order valence-corrected chi connectivity index (χ2v) is 10.5. The summed E-state index contributed by atoms with van der Waals surface area (Å²) in [6.45, 7) is 7.88. The van der Waals surface area contributed by atoms with Crippen LogP contribution in [0.15, 0.2) is 42.5 Å². The minimum Gasteiger partial charge on any atom is -0.322 e. The molecule has 2 amide bonds. The molecule has 1 aliphatic heterocycles. The van der Waals surface area contributed by atoms with Crippen LogP contribution in [-0.2, 0) is 20.2 Å². The van der Waals surface area contributed by atoms with Gasteiger partial charge in [0.25, 0.3) is 5.91 Å². The van der Waals surface area contributed by atoms with Gasteiger partial charge in [-0.3, -0.25) is 9.59 Å². The second kappa shape index (κ2) is 7.46. The van der Waals surface area contributed by atoms with Crippen LogP contribution in [0.1, 0.15) is 43.6 Å². The first-order chi connectivity index (χ1) is 13.4. The molecule has 29 heavy (non-hydrogen) atoms. The maximum atomic E-state index is 12.6. The Labute approximate surface area is 175 Å². The highest BCUT2D eigenvalue weighted by Crippen LogP contribution is 2.32. The Kier molecular flexibility index (Phi) is 5.49. The Balaban J connectivity index is 1.82. The second-order valence-electron chi connectivity index (χ2n) is 8.23. The number of anilines is 2. The first-order valence-corrected chi connectivity index (χ1v) is 11.2. The molecule has 0 aliphatic carbocycles. The zero-order valence-electron chi connectivity index (χ0n) is 16.7. The van der Waals surface area contributed by atoms with Crippen molar-refractivity contribution < 1.29 is 18.0 Å². The number of amides is 2. The topological polar surface area (TPSA) is 83.6 Å². The number of halogens is 1. The number of hydrogen-bond acceptors (Lipinski definition) is 4. The van der Waals surface area contributed by atoms with Crippen molar-refractivity contribution in [3.05, 3.63) is 58.6 Å². The summed E-state index contributed by atoms with van der Waals surface area (Å²) in [5.74, 6) is -1.78. The molecule has 0 saturated carbocycles. The molecule has 154 valence electrons. The molecular formula is C21H23ClN2O4S. The molecule has 0 radical (unpaired) electrons. The van der Waals surface area contributed by atoms with Crippen LogP contribution in [0.2, 0.25) is 5.02 Å². The first-order valence-electron chi connectivity index (χ1n) is 9.18. The molecule has 0 bridgehead atoms. The molecule has 1 fully saturated rings. The smallest absolute Gasteiger partial charge is 0.257 e. The molecule has 0 spiro atoms. The van der Waals surface area contributed by atoms with Gasteiger partial charge in [0.05, 0.1) is 27.9 Å². The van der Waals surface area contributed by atoms with Gasteiger partial charge in [-0.25, -0.2) is 12.7 Å². The van der Waals surface area contributed by atoms with Gasteiger partial charge in [0.15, 0.2) is 0 Å². The SMILES string of the molecule is C[C@@H]1CS(=O)(=O)N(c2ccc(C(=O)Nc3ccc(C(C)(C)C)cc3)c(Cl)c2)C1=O. The number of sulfonamides is 1. The molecule has 0 unspecified atom stereocenters. The van der Waals surface area contributed by atoms with Crippen molar-refractivity contribution in [1.29, 1.82) is 0 Å². The van der Waals surface area contributed by atoms with Crippen LogP contribution in [0.5, 0.6) is 0 Å². The van der Waals surface area contributed by atoms with Crippen LogP contribution in [0, 0.1) is 5.92 Å². The lowest BCUT2D eigenvalue weighted by Crippen LogP contribution is -2.30. The van der Waals surface area contributed by atoms with Gasteiger partial charge in [-0.15, -0.1) is 0 Å². The summed E-state index contributed by atoms with van der Waals surface area (Å²) in [5, 5.41) is 2.84. The highest BCUT2D eigenvalue weighted by atomic mass is 35.5. The van der Waals surface area contributed by atoms with Crippen molar-refractivity contribution in [3.8, 4) is 0 Å². The number of carbonyl (C=O) groups is 2. The van der Waals surface area contributed by atoms with E-state index in [-0.39, 0.29) is 27.4 Å². The average Bonchev–Trinajstić information content (AvgIpc) is 2.81. The van der Waals surface area contributed by atoms with Gasteiger partial charge in [-0.05, 0) is 41.3 Å². The van der Waals surface area contributed by atoms with E-state index in [0.717, 1.165) is 9.87 Å². The zero-order valence-corrected chi connectivity index (χ0v) is 18.3. The lowest BCUT2D eigenvalue weighted by Gasteiger charge is -2.19. The lowest BCUT2D eigenvalue weighted by molar-refractivity contribution is -0.119. The molecule has 1 saturated heterocycles. The molecule has 0 aromatic heterocycles. The van der Waals surface area contributed by atoms with E-state index < -0.39 is 27.8 Å². The van der Waals surface area contributed by atoms with Crippen molar-refractivity contribution in [1.82, 2.24) is 0 Å². The van der Waals surface area contributed by atoms with Gasteiger partial charge in [0.1, 0.15) is 0 Å². The number of benzene rings is 2. The minimum atomic E-state index is -3.73. The number of nitrogens with one attached hydrogen (secondary N) is 1. The van der Waals surface area contributed by atoms with Crippen LogP contribution in [0.3, 0.4) is 0 Å². The summed E-state index contributed by atoms with van der Waals surface area (Å²) < 4.78 is 25.2. The van der Waals surface area contributed by atoms with Crippen molar-refractivity contribution in [2.75, 3.05) is 15.4 Å². The molecule has 6 nitrogen and oxygen atoms in total. The van der Waals surface area contributed by atoms with E-state index in [0.29, 0.717) is 5.69 Å². The normalized spacial score (nSPS) is 18.7. The van der Waals surface area contributed by atoms with E-state index >= 15 is 0 Å². The van der Waals surface area contributed by atoms with Gasteiger partial charge in [-0.2, -0.15) is 0 Å². The third-order valence-corrected chi connectivity index (χ3v) is 6.98. The summed E-state index contributed by atoms with van der Waals surface area (Å²) in [7, 11) is -3.73. The Bertz CT molecular complexity index is 1070. The third-order valence-electron chi connectivity index (χ3n) is 4.80. The van der Waals surface area contributed by atoms with Gasteiger partial charge in [0.2, 0.25) is 15.9 Å². The van der Waals surface area contributed by atoms with Crippen molar-refractivity contribution in [2.45, 2.75) is 33.1 Å². The molecule has 1 heterocycles. The van der Waals surface area contributed by atoms with Crippen LogP contribution in [0.25, 0.3) is 0 Å². The summed E-state index contributed by atoms with van der Waals surface area (Å²) in [4.78, 5) is 24.8. The monoisotopic (exact) mass is 434 g/mol. The summed E-state index contributed by atoms with van der Waals surface area (Å²) in [5.41, 5.74) is 2.09. The first kappa shape index (κ1) is 21.3. The number of nitrogens with zero attached hydrogens (tertiary/aromatic N) is 1. The highest BCUT2D eigenvalue weighted by Gasteiger charge is 2.42. The molecule has 8 heteroatoms. The summed E-state index contributed by atoms with van der Waals surface area (Å²) in [6.07, 6.45) is 0. The standard InChI is InChI=1S/C21H23ClN2O4S/c1-13-12-29(27,28)24(20(13)26)16-9-10-17(18(22)11-16)19(25)23-15-7-5-14(6-8-15)21(2,3)4/h5-11,13H,12H2,1-4H3,(H,23,25)/t13-/m1/s1. The van der Waals surface area contributed by atoms with Gasteiger partial charge >= 0.3 is 0 Å². The van der Waals surface area contributed by atoms with Crippen LogP contribution >= 0.6 is 11.6 Å². The zero-order chi connectivity index (χ0) is 21.6. The predicted octanol–water partition coefficient (Wildman–Crippen LogP) is 4.20. The fraction of sp³-hybridized carbons (Fsp3) is 0.333. The molecule has 1 aliphatic rings. The maximum Gasteiger partial charge on any atom is 0.257 e. The Morgan fingerprint density at radius 2 is 1.76 bits per heavy atom. The lowest BCUT2D eigenvalue weighted by atomic mass is 9.87. The molecule has 2 aromatic rings. The summed E-state index contributed by atoms with van der Waals surface area (Å²) in [6, 6.07) is 11.7. The number of carbonyl (C=O) groups excluding carboxylic acids is 2. The van der Waals surface area contributed by atoms with Crippen LogP contribution < -0.4 is 9.62 Å². The minimum absolute atomic E-state index is 0.00647.